The maximum absolute atomic E-state index is 13.2. The highest BCUT2D eigenvalue weighted by Gasteiger charge is 2.43. The third kappa shape index (κ3) is 6.13. The number of halogens is 2. The number of aromatic nitrogens is 6. The zero-order chi connectivity index (χ0) is 30.4. The fourth-order valence-electron chi connectivity index (χ4n) is 4.99. The lowest BCUT2D eigenvalue weighted by atomic mass is 9.93. The zero-order valence-electron chi connectivity index (χ0n) is 24.5. The second-order valence-electron chi connectivity index (χ2n) is 12.0. The predicted molar refractivity (Wildman–Crippen MR) is 155 cm³/mol. The molecule has 1 aromatic carbocycles. The van der Waals surface area contributed by atoms with Crippen molar-refractivity contribution in [2.45, 2.75) is 58.9 Å². The summed E-state index contributed by atoms with van der Waals surface area (Å²) in [4.78, 5) is 36.1. The van der Waals surface area contributed by atoms with Crippen LogP contribution in [0.4, 0.5) is 14.5 Å². The molecule has 1 aliphatic rings. The zero-order valence-corrected chi connectivity index (χ0v) is 24.5. The molecule has 10 nitrogen and oxygen atoms in total. The Kier molecular flexibility index (Phi) is 7.52. The quantitative estimate of drug-likeness (QED) is 0.339. The van der Waals surface area contributed by atoms with Gasteiger partial charge in [-0.15, -0.1) is 0 Å². The van der Waals surface area contributed by atoms with Crippen molar-refractivity contribution in [3.8, 4) is 11.3 Å². The van der Waals surface area contributed by atoms with Crippen LogP contribution in [0.1, 0.15) is 65.0 Å². The standard InChI is InChI=1S/C30H34F2N8O2/c1-17-7-8-22(18(2)26(17)35-28(42)24-12-34-25(13-33-24)29(3,4)5)23-10-19(27(41)37-36-23)9-20-11-21(39(6)38-20)14-40-15-30(31,32)16-40/h7-8,10-13H,9,14-16H2,1-6H3,(H,35,42)(H,37,41). The lowest BCUT2D eigenvalue weighted by Gasteiger charge is -2.38. The van der Waals surface area contributed by atoms with Gasteiger partial charge in [-0.25, -0.2) is 18.9 Å². The van der Waals surface area contributed by atoms with Gasteiger partial charge in [0.2, 0.25) is 0 Å². The molecule has 5 rings (SSSR count). The topological polar surface area (TPSA) is 122 Å². The fourth-order valence-corrected chi connectivity index (χ4v) is 4.99. The van der Waals surface area contributed by atoms with Crippen molar-refractivity contribution in [1.29, 1.82) is 0 Å². The van der Waals surface area contributed by atoms with E-state index in [-0.39, 0.29) is 42.1 Å². The Bertz CT molecular complexity index is 1700. The van der Waals surface area contributed by atoms with Crippen LogP contribution in [0.15, 0.2) is 41.5 Å². The SMILES string of the molecule is Cc1ccc(-c2cc(Cc3cc(CN4CC(F)(F)C4)n(C)n3)c(=O)[nH]n2)c(C)c1NC(=O)c1cnc(C(C)(C)C)cn1. The molecule has 0 atom stereocenters. The van der Waals surface area contributed by atoms with E-state index in [1.807, 2.05) is 52.8 Å². The van der Waals surface area contributed by atoms with Gasteiger partial charge in [-0.2, -0.15) is 10.2 Å². The van der Waals surface area contributed by atoms with Crippen LogP contribution in [0.5, 0.6) is 0 Å². The highest BCUT2D eigenvalue weighted by Crippen LogP contribution is 2.31. The molecule has 1 amide bonds. The van der Waals surface area contributed by atoms with E-state index in [0.717, 1.165) is 28.1 Å². The van der Waals surface area contributed by atoms with Crippen molar-refractivity contribution in [3.63, 3.8) is 0 Å². The molecular formula is C30H34F2N8O2. The number of alkyl halides is 2. The third-order valence-corrected chi connectivity index (χ3v) is 7.42. The summed E-state index contributed by atoms with van der Waals surface area (Å²) in [6.45, 7) is 9.68. The van der Waals surface area contributed by atoms with E-state index >= 15 is 0 Å². The Morgan fingerprint density at radius 2 is 1.86 bits per heavy atom. The maximum Gasteiger partial charge on any atom is 0.275 e. The van der Waals surface area contributed by atoms with E-state index in [2.05, 4.69) is 30.6 Å². The van der Waals surface area contributed by atoms with Crippen LogP contribution in [0.25, 0.3) is 11.3 Å². The van der Waals surface area contributed by atoms with Gasteiger partial charge in [0.15, 0.2) is 0 Å². The number of nitrogens with zero attached hydrogens (tertiary/aromatic N) is 6. The Hall–Kier alpha value is -4.32. The first-order chi connectivity index (χ1) is 19.7. The number of carbonyl (C=O) groups excluding carboxylic acids is 1. The number of rotatable bonds is 7. The smallest absolute Gasteiger partial charge is 0.275 e. The fraction of sp³-hybridized carbons (Fsp3) is 0.400. The molecule has 0 spiro atoms. The van der Waals surface area contributed by atoms with Crippen LogP contribution < -0.4 is 10.9 Å². The van der Waals surface area contributed by atoms with Crippen molar-refractivity contribution in [3.05, 3.63) is 86.5 Å². The van der Waals surface area contributed by atoms with E-state index in [4.69, 9.17) is 0 Å². The number of aromatic amines is 1. The summed E-state index contributed by atoms with van der Waals surface area (Å²) in [6.07, 6.45) is 3.33. The molecular weight excluding hydrogens is 542 g/mol. The number of anilines is 1. The molecule has 4 aromatic rings. The number of H-pyrrole nitrogens is 1. The summed E-state index contributed by atoms with van der Waals surface area (Å²) in [5.41, 5.74) is 5.89. The van der Waals surface area contributed by atoms with Crippen molar-refractivity contribution in [1.82, 2.24) is 34.8 Å². The van der Waals surface area contributed by atoms with Crippen LogP contribution in [0, 0.1) is 13.8 Å². The molecule has 220 valence electrons. The van der Waals surface area contributed by atoms with Gasteiger partial charge in [0.05, 0.1) is 42.1 Å². The third-order valence-electron chi connectivity index (χ3n) is 7.42. The summed E-state index contributed by atoms with van der Waals surface area (Å²) in [7, 11) is 1.76. The monoisotopic (exact) mass is 576 g/mol. The molecule has 1 fully saturated rings. The van der Waals surface area contributed by atoms with Gasteiger partial charge in [0.1, 0.15) is 5.69 Å². The molecule has 0 aliphatic carbocycles. The van der Waals surface area contributed by atoms with Gasteiger partial charge in [-0.05, 0) is 37.1 Å². The van der Waals surface area contributed by atoms with Gasteiger partial charge < -0.3 is 5.32 Å². The van der Waals surface area contributed by atoms with Crippen LogP contribution in [-0.4, -0.2) is 59.8 Å². The molecule has 2 N–H and O–H groups in total. The number of likely N-dealkylation sites (tertiary alicyclic amines) is 1. The van der Waals surface area contributed by atoms with Gasteiger partial charge in [0.25, 0.3) is 17.4 Å². The van der Waals surface area contributed by atoms with Crippen LogP contribution in [0.3, 0.4) is 0 Å². The minimum Gasteiger partial charge on any atom is -0.320 e. The second-order valence-corrected chi connectivity index (χ2v) is 12.0. The molecule has 0 radical (unpaired) electrons. The van der Waals surface area contributed by atoms with Crippen molar-refractivity contribution in [2.24, 2.45) is 7.05 Å². The molecule has 42 heavy (non-hydrogen) atoms. The summed E-state index contributed by atoms with van der Waals surface area (Å²) >= 11 is 0. The first-order valence-corrected chi connectivity index (χ1v) is 13.7. The normalized spacial score (nSPS) is 15.0. The number of benzene rings is 1. The molecule has 12 heteroatoms. The lowest BCUT2D eigenvalue weighted by Crippen LogP contribution is -2.55. The van der Waals surface area contributed by atoms with E-state index in [9.17, 15) is 18.4 Å². The van der Waals surface area contributed by atoms with E-state index in [0.29, 0.717) is 29.2 Å². The lowest BCUT2D eigenvalue weighted by molar-refractivity contribution is -0.134. The Balaban J connectivity index is 1.36. The Morgan fingerprint density at radius 3 is 2.50 bits per heavy atom. The predicted octanol–water partition coefficient (Wildman–Crippen LogP) is 4.17. The highest BCUT2D eigenvalue weighted by molar-refractivity contribution is 6.04. The molecule has 1 saturated heterocycles. The summed E-state index contributed by atoms with van der Waals surface area (Å²) in [5.74, 6) is -3.01. The Labute approximate surface area is 242 Å². The largest absolute Gasteiger partial charge is 0.320 e. The first-order valence-electron chi connectivity index (χ1n) is 13.7. The van der Waals surface area contributed by atoms with Gasteiger partial charge in [-0.3, -0.25) is 24.2 Å². The van der Waals surface area contributed by atoms with Gasteiger partial charge in [0, 0.05) is 48.4 Å². The van der Waals surface area contributed by atoms with E-state index in [1.165, 1.54) is 6.20 Å². The minimum atomic E-state index is -2.63. The van der Waals surface area contributed by atoms with Crippen LogP contribution in [0.2, 0.25) is 0 Å². The molecule has 0 saturated carbocycles. The molecule has 1 aliphatic heterocycles. The average molecular weight is 577 g/mol. The molecule has 0 unspecified atom stereocenters. The molecule has 3 aromatic heterocycles. The van der Waals surface area contributed by atoms with E-state index < -0.39 is 5.92 Å². The summed E-state index contributed by atoms with van der Waals surface area (Å²) in [6, 6.07) is 7.31. The van der Waals surface area contributed by atoms with Gasteiger partial charge in [-0.1, -0.05) is 32.9 Å². The highest BCUT2D eigenvalue weighted by atomic mass is 19.3. The first kappa shape index (κ1) is 29.2. The van der Waals surface area contributed by atoms with Crippen LogP contribution >= 0.6 is 0 Å². The number of aryl methyl sites for hydroxylation is 2. The average Bonchev–Trinajstić information content (AvgIpc) is 3.24. The maximum atomic E-state index is 13.2. The number of hydrogen-bond acceptors (Lipinski definition) is 7. The van der Waals surface area contributed by atoms with Gasteiger partial charge >= 0.3 is 0 Å². The number of carbonyl (C=O) groups is 1. The van der Waals surface area contributed by atoms with Crippen molar-refractivity contribution >= 4 is 11.6 Å². The number of amides is 1. The van der Waals surface area contributed by atoms with Crippen molar-refractivity contribution < 1.29 is 13.6 Å². The molecule has 0 bridgehead atoms. The van der Waals surface area contributed by atoms with Crippen molar-refractivity contribution in [2.75, 3.05) is 18.4 Å². The van der Waals surface area contributed by atoms with Crippen LogP contribution in [-0.2, 0) is 25.4 Å². The number of nitrogens with one attached hydrogen (secondary N) is 2. The second kappa shape index (κ2) is 10.8. The summed E-state index contributed by atoms with van der Waals surface area (Å²) < 4.78 is 28.1. The minimum absolute atomic E-state index is 0.181. The summed E-state index contributed by atoms with van der Waals surface area (Å²) in [5, 5.41) is 14.3. The Morgan fingerprint density at radius 1 is 1.12 bits per heavy atom. The molecule has 4 heterocycles. The number of hydrogen-bond donors (Lipinski definition) is 2. The van der Waals surface area contributed by atoms with E-state index in [1.54, 1.807) is 28.9 Å².